The molecular weight excluding hydrogens is 272 g/mol. The van der Waals surface area contributed by atoms with Crippen molar-refractivity contribution in [3.05, 3.63) is 46.5 Å². The number of hydrogen-bond donors (Lipinski definition) is 2. The minimum Gasteiger partial charge on any atom is -0.507 e. The lowest BCUT2D eigenvalue weighted by Crippen LogP contribution is -1.98. The van der Waals surface area contributed by atoms with Gasteiger partial charge in [-0.1, -0.05) is 52.0 Å². The molecule has 2 rings (SSSR count). The van der Waals surface area contributed by atoms with Crippen molar-refractivity contribution in [3.8, 4) is 22.6 Å². The smallest absolute Gasteiger partial charge is 0.122 e. The van der Waals surface area contributed by atoms with E-state index < -0.39 is 0 Å². The third-order valence-electron chi connectivity index (χ3n) is 4.49. The average molecular weight is 298 g/mol. The molecule has 2 aromatic carbocycles. The normalized spacial score (nSPS) is 10.9. The molecule has 0 amide bonds. The van der Waals surface area contributed by atoms with Crippen molar-refractivity contribution in [2.75, 3.05) is 0 Å². The lowest BCUT2D eigenvalue weighted by atomic mass is 9.89. The van der Waals surface area contributed by atoms with Gasteiger partial charge in [0.1, 0.15) is 11.5 Å². The number of aryl methyl sites for hydroxylation is 2. The van der Waals surface area contributed by atoms with Crippen molar-refractivity contribution < 1.29 is 10.2 Å². The van der Waals surface area contributed by atoms with Gasteiger partial charge >= 0.3 is 0 Å². The van der Waals surface area contributed by atoms with Crippen molar-refractivity contribution in [3.63, 3.8) is 0 Å². The molecule has 0 saturated heterocycles. The van der Waals surface area contributed by atoms with Crippen molar-refractivity contribution in [2.45, 2.75) is 53.4 Å². The summed E-state index contributed by atoms with van der Waals surface area (Å²) in [7, 11) is 0. The Hall–Kier alpha value is -1.96. The quantitative estimate of drug-likeness (QED) is 0.814. The van der Waals surface area contributed by atoms with Crippen LogP contribution in [0.3, 0.4) is 0 Å². The molecule has 0 fully saturated rings. The van der Waals surface area contributed by atoms with E-state index in [0.29, 0.717) is 11.5 Å². The minimum atomic E-state index is 0.406. The molecule has 0 aliphatic rings. The van der Waals surface area contributed by atoms with Gasteiger partial charge in [0, 0.05) is 11.1 Å². The lowest BCUT2D eigenvalue weighted by Gasteiger charge is -2.18. The van der Waals surface area contributed by atoms with E-state index in [1.54, 1.807) is 0 Å². The molecule has 0 unspecified atom stereocenters. The van der Waals surface area contributed by atoms with Gasteiger partial charge in [0.15, 0.2) is 0 Å². The molecule has 0 spiro atoms. The molecule has 2 nitrogen and oxygen atoms in total. The van der Waals surface area contributed by atoms with E-state index in [0.717, 1.165) is 59.1 Å². The summed E-state index contributed by atoms with van der Waals surface area (Å²) in [5.74, 6) is 0.812. The van der Waals surface area contributed by atoms with Gasteiger partial charge in [0.05, 0.1) is 0 Å². The Morgan fingerprint density at radius 1 is 0.591 bits per heavy atom. The van der Waals surface area contributed by atoms with E-state index in [9.17, 15) is 10.2 Å². The molecule has 118 valence electrons. The molecule has 0 atom stereocenters. The van der Waals surface area contributed by atoms with Crippen LogP contribution < -0.4 is 0 Å². The summed E-state index contributed by atoms with van der Waals surface area (Å²) < 4.78 is 0. The van der Waals surface area contributed by atoms with Crippen molar-refractivity contribution in [1.29, 1.82) is 0 Å². The van der Waals surface area contributed by atoms with Gasteiger partial charge in [0.25, 0.3) is 0 Å². The third kappa shape index (κ3) is 2.70. The number of hydrogen-bond acceptors (Lipinski definition) is 2. The molecule has 0 bridgehead atoms. The Bertz CT molecular complexity index is 612. The number of phenolic OH excluding ortho intramolecular Hbond substituents is 2. The Morgan fingerprint density at radius 2 is 0.955 bits per heavy atom. The average Bonchev–Trinajstić information content (AvgIpc) is 2.54. The summed E-state index contributed by atoms with van der Waals surface area (Å²) in [5.41, 5.74) is 5.97. The summed E-state index contributed by atoms with van der Waals surface area (Å²) in [6.07, 6.45) is 3.18. The predicted molar refractivity (Wildman–Crippen MR) is 92.7 cm³/mol. The van der Waals surface area contributed by atoms with Crippen LogP contribution in [0, 0.1) is 0 Å². The molecule has 2 heteroatoms. The summed E-state index contributed by atoms with van der Waals surface area (Å²) in [6, 6.07) is 8.15. The fourth-order valence-corrected chi connectivity index (χ4v) is 3.16. The first-order valence-electron chi connectivity index (χ1n) is 8.26. The van der Waals surface area contributed by atoms with Gasteiger partial charge in [-0.05, 0) is 47.9 Å². The Morgan fingerprint density at radius 3 is 1.23 bits per heavy atom. The van der Waals surface area contributed by atoms with E-state index in [4.69, 9.17) is 0 Å². The summed E-state index contributed by atoms with van der Waals surface area (Å²) in [4.78, 5) is 0. The predicted octanol–water partition coefficient (Wildman–Crippen LogP) is 5.01. The first-order chi connectivity index (χ1) is 10.6. The summed E-state index contributed by atoms with van der Waals surface area (Å²) in [5, 5.41) is 21.0. The third-order valence-corrected chi connectivity index (χ3v) is 4.49. The highest BCUT2D eigenvalue weighted by Crippen LogP contribution is 2.39. The lowest BCUT2D eigenvalue weighted by molar-refractivity contribution is 0.461. The molecule has 0 radical (unpaired) electrons. The second-order valence-electron chi connectivity index (χ2n) is 5.61. The first-order valence-corrected chi connectivity index (χ1v) is 8.26. The fourth-order valence-electron chi connectivity index (χ4n) is 3.16. The van der Waals surface area contributed by atoms with Crippen molar-refractivity contribution in [2.24, 2.45) is 0 Å². The van der Waals surface area contributed by atoms with E-state index in [1.165, 1.54) is 0 Å². The van der Waals surface area contributed by atoms with E-state index in [1.807, 2.05) is 26.0 Å². The highest BCUT2D eigenvalue weighted by Gasteiger charge is 2.17. The highest BCUT2D eigenvalue weighted by atomic mass is 16.3. The molecule has 0 saturated carbocycles. The Labute approximate surface area is 133 Å². The van der Waals surface area contributed by atoms with Gasteiger partial charge in [-0.2, -0.15) is 0 Å². The standard InChI is InChI=1S/C20H26O2/c1-5-13-9-11-17(15(7-3)19(13)21)18-12-10-14(6-2)20(22)16(18)8-4/h9-12,21-22H,5-8H2,1-4H3. The van der Waals surface area contributed by atoms with Crippen LogP contribution in [-0.2, 0) is 25.7 Å². The number of phenols is 2. The number of aromatic hydroxyl groups is 2. The largest absolute Gasteiger partial charge is 0.507 e. The second-order valence-corrected chi connectivity index (χ2v) is 5.61. The molecule has 2 N–H and O–H groups in total. The maximum atomic E-state index is 10.5. The maximum Gasteiger partial charge on any atom is 0.122 e. The minimum absolute atomic E-state index is 0.406. The fraction of sp³-hybridized carbons (Fsp3) is 0.400. The van der Waals surface area contributed by atoms with Crippen LogP contribution >= 0.6 is 0 Å². The van der Waals surface area contributed by atoms with Crippen molar-refractivity contribution in [1.82, 2.24) is 0 Å². The van der Waals surface area contributed by atoms with Gasteiger partial charge in [-0.15, -0.1) is 0 Å². The number of rotatable bonds is 5. The molecular formula is C20H26O2. The summed E-state index contributed by atoms with van der Waals surface area (Å²) in [6.45, 7) is 8.22. The zero-order valence-corrected chi connectivity index (χ0v) is 14.0. The SMILES string of the molecule is CCc1ccc(-c2ccc(CC)c(O)c2CC)c(CC)c1O. The van der Waals surface area contributed by atoms with Crippen LogP contribution in [0.5, 0.6) is 11.5 Å². The zero-order valence-electron chi connectivity index (χ0n) is 14.0. The zero-order chi connectivity index (χ0) is 16.3. The van der Waals surface area contributed by atoms with E-state index in [-0.39, 0.29) is 0 Å². The highest BCUT2D eigenvalue weighted by molar-refractivity contribution is 5.76. The van der Waals surface area contributed by atoms with Crippen LogP contribution in [0.4, 0.5) is 0 Å². The van der Waals surface area contributed by atoms with Crippen LogP contribution in [0.25, 0.3) is 11.1 Å². The van der Waals surface area contributed by atoms with Gasteiger partial charge in [0.2, 0.25) is 0 Å². The molecule has 0 aliphatic carbocycles. The molecule has 0 aliphatic heterocycles. The molecule has 0 aromatic heterocycles. The van der Waals surface area contributed by atoms with Gasteiger partial charge < -0.3 is 10.2 Å². The van der Waals surface area contributed by atoms with E-state index in [2.05, 4.69) is 26.0 Å². The van der Waals surface area contributed by atoms with Crippen LogP contribution in [0.1, 0.15) is 49.9 Å². The van der Waals surface area contributed by atoms with Crippen LogP contribution in [0.2, 0.25) is 0 Å². The monoisotopic (exact) mass is 298 g/mol. The Balaban J connectivity index is 2.72. The Kier molecular flexibility index (Phi) is 5.12. The summed E-state index contributed by atoms with van der Waals surface area (Å²) >= 11 is 0. The molecule has 2 aromatic rings. The van der Waals surface area contributed by atoms with Crippen LogP contribution in [0.15, 0.2) is 24.3 Å². The van der Waals surface area contributed by atoms with Gasteiger partial charge in [-0.3, -0.25) is 0 Å². The van der Waals surface area contributed by atoms with Crippen molar-refractivity contribution >= 4 is 0 Å². The second kappa shape index (κ2) is 6.87. The van der Waals surface area contributed by atoms with E-state index >= 15 is 0 Å². The maximum absolute atomic E-state index is 10.5. The number of benzene rings is 2. The molecule has 0 heterocycles. The van der Waals surface area contributed by atoms with Crippen LogP contribution in [-0.4, -0.2) is 10.2 Å². The molecule has 22 heavy (non-hydrogen) atoms. The topological polar surface area (TPSA) is 40.5 Å². The van der Waals surface area contributed by atoms with Gasteiger partial charge in [-0.25, -0.2) is 0 Å². The first kappa shape index (κ1) is 16.4.